The zero-order valence-corrected chi connectivity index (χ0v) is 9.21. The summed E-state index contributed by atoms with van der Waals surface area (Å²) in [5, 5.41) is 0. The van der Waals surface area contributed by atoms with Crippen molar-refractivity contribution in [3.8, 4) is 0 Å². The van der Waals surface area contributed by atoms with E-state index in [9.17, 15) is 0 Å². The third-order valence-electron chi connectivity index (χ3n) is 3.02. The van der Waals surface area contributed by atoms with E-state index in [-0.39, 0.29) is 0 Å². The van der Waals surface area contributed by atoms with Crippen LogP contribution in [0.15, 0.2) is 18.2 Å². The number of nitrogen functional groups attached to an aromatic ring is 1. The highest BCUT2D eigenvalue weighted by Crippen LogP contribution is 2.19. The summed E-state index contributed by atoms with van der Waals surface area (Å²) >= 11 is 0. The molecule has 1 heterocycles. The minimum absolute atomic E-state index is 0.797. The first-order chi connectivity index (χ1) is 7.36. The van der Waals surface area contributed by atoms with Gasteiger partial charge in [0.2, 0.25) is 0 Å². The molecule has 0 bridgehead atoms. The van der Waals surface area contributed by atoms with Crippen LogP contribution >= 0.6 is 0 Å². The maximum absolute atomic E-state index is 5.66. The van der Waals surface area contributed by atoms with Crippen molar-refractivity contribution < 1.29 is 0 Å². The van der Waals surface area contributed by atoms with Crippen molar-refractivity contribution in [2.45, 2.75) is 32.1 Å². The van der Waals surface area contributed by atoms with Crippen molar-refractivity contribution in [1.29, 1.82) is 0 Å². The van der Waals surface area contributed by atoms with Crippen LogP contribution in [-0.4, -0.2) is 13.1 Å². The van der Waals surface area contributed by atoms with Gasteiger partial charge in [0.05, 0.1) is 0 Å². The van der Waals surface area contributed by atoms with Crippen molar-refractivity contribution >= 4 is 11.4 Å². The van der Waals surface area contributed by atoms with E-state index >= 15 is 0 Å². The lowest BCUT2D eigenvalue weighted by Crippen LogP contribution is -2.26. The minimum Gasteiger partial charge on any atom is -0.399 e. The molecule has 1 aromatic rings. The second kappa shape index (κ2) is 5.06. The molecule has 1 aliphatic heterocycles. The van der Waals surface area contributed by atoms with E-state index in [1.54, 1.807) is 0 Å². The van der Waals surface area contributed by atoms with Gasteiger partial charge in [0.1, 0.15) is 0 Å². The largest absolute Gasteiger partial charge is 0.399 e. The summed E-state index contributed by atoms with van der Waals surface area (Å²) in [6.07, 6.45) is 6.74. The Balaban J connectivity index is 2.03. The lowest BCUT2D eigenvalue weighted by Gasteiger charge is -2.26. The van der Waals surface area contributed by atoms with E-state index < -0.39 is 0 Å². The predicted octanol–water partition coefficient (Wildman–Crippen LogP) is 2.84. The van der Waals surface area contributed by atoms with Crippen LogP contribution in [0, 0.1) is 6.07 Å². The van der Waals surface area contributed by atoms with Crippen LogP contribution in [0.3, 0.4) is 0 Å². The highest BCUT2D eigenvalue weighted by Gasteiger charge is 2.08. The van der Waals surface area contributed by atoms with Gasteiger partial charge in [0.25, 0.3) is 0 Å². The minimum atomic E-state index is 0.797. The lowest BCUT2D eigenvalue weighted by molar-refractivity contribution is 0.556. The number of hydrogen-bond donors (Lipinski definition) is 1. The van der Waals surface area contributed by atoms with Crippen LogP contribution in [-0.2, 0) is 0 Å². The van der Waals surface area contributed by atoms with Crippen molar-refractivity contribution in [2.24, 2.45) is 0 Å². The zero-order valence-electron chi connectivity index (χ0n) is 9.21. The van der Waals surface area contributed by atoms with Crippen molar-refractivity contribution in [3.63, 3.8) is 0 Å². The van der Waals surface area contributed by atoms with Crippen LogP contribution in [0.1, 0.15) is 32.1 Å². The topological polar surface area (TPSA) is 29.3 Å². The lowest BCUT2D eigenvalue weighted by atomic mass is 10.1. The van der Waals surface area contributed by atoms with E-state index in [0.29, 0.717) is 0 Å². The molecule has 81 valence electrons. The third-order valence-corrected chi connectivity index (χ3v) is 3.02. The van der Waals surface area contributed by atoms with Gasteiger partial charge in [-0.1, -0.05) is 19.3 Å². The fourth-order valence-corrected chi connectivity index (χ4v) is 2.11. The molecule has 0 unspecified atom stereocenters. The molecule has 0 amide bonds. The summed E-state index contributed by atoms with van der Waals surface area (Å²) < 4.78 is 0. The molecule has 2 rings (SSSR count). The average molecular weight is 203 g/mol. The van der Waals surface area contributed by atoms with E-state index in [1.165, 1.54) is 50.9 Å². The molecule has 2 nitrogen and oxygen atoms in total. The van der Waals surface area contributed by atoms with Gasteiger partial charge < -0.3 is 10.6 Å². The summed E-state index contributed by atoms with van der Waals surface area (Å²) in [6, 6.07) is 9.17. The van der Waals surface area contributed by atoms with Gasteiger partial charge in [-0.15, -0.1) is 0 Å². The second-order valence-corrected chi connectivity index (χ2v) is 4.26. The molecule has 15 heavy (non-hydrogen) atoms. The van der Waals surface area contributed by atoms with E-state index in [0.717, 1.165) is 5.69 Å². The second-order valence-electron chi connectivity index (χ2n) is 4.26. The molecule has 0 atom stereocenters. The molecular formula is C13H19N2. The molecule has 1 saturated heterocycles. The van der Waals surface area contributed by atoms with Gasteiger partial charge >= 0.3 is 0 Å². The van der Waals surface area contributed by atoms with Crippen molar-refractivity contribution in [2.75, 3.05) is 23.7 Å². The summed E-state index contributed by atoms with van der Waals surface area (Å²) in [7, 11) is 0. The van der Waals surface area contributed by atoms with Gasteiger partial charge in [-0.3, -0.25) is 0 Å². The molecule has 1 aromatic carbocycles. The monoisotopic (exact) mass is 203 g/mol. The zero-order chi connectivity index (χ0) is 10.5. The molecule has 0 aromatic heterocycles. The molecular weight excluding hydrogens is 184 g/mol. The molecule has 0 aliphatic carbocycles. The quantitative estimate of drug-likeness (QED) is 0.711. The molecule has 1 radical (unpaired) electrons. The first-order valence-corrected chi connectivity index (χ1v) is 5.88. The number of rotatable bonds is 1. The van der Waals surface area contributed by atoms with E-state index in [1.807, 2.05) is 12.1 Å². The molecule has 2 heteroatoms. The summed E-state index contributed by atoms with van der Waals surface area (Å²) in [5.74, 6) is 0. The Bertz CT molecular complexity index is 284. The van der Waals surface area contributed by atoms with Crippen LogP contribution in [0.4, 0.5) is 11.4 Å². The standard InChI is InChI=1S/C13H19N2/c14-12-6-8-13(9-7-12)15-10-4-2-1-3-5-11-15/h6-8H,1-5,10-11,14H2. The van der Waals surface area contributed by atoms with Crippen molar-refractivity contribution in [1.82, 2.24) is 0 Å². The van der Waals surface area contributed by atoms with Crippen LogP contribution in [0.2, 0.25) is 0 Å². The fraction of sp³-hybridized carbons (Fsp3) is 0.538. The summed E-state index contributed by atoms with van der Waals surface area (Å²) in [4.78, 5) is 2.43. The molecule has 2 N–H and O–H groups in total. The Morgan fingerprint density at radius 3 is 2.27 bits per heavy atom. The maximum atomic E-state index is 5.66. The molecule has 0 spiro atoms. The predicted molar refractivity (Wildman–Crippen MR) is 65.0 cm³/mol. The van der Waals surface area contributed by atoms with Crippen molar-refractivity contribution in [3.05, 3.63) is 24.3 Å². The Hall–Kier alpha value is -1.18. The van der Waals surface area contributed by atoms with Gasteiger partial charge in [-0.2, -0.15) is 0 Å². The third kappa shape index (κ3) is 2.88. The van der Waals surface area contributed by atoms with Gasteiger partial charge in [0.15, 0.2) is 0 Å². The molecule has 1 fully saturated rings. The molecule has 0 saturated carbocycles. The highest BCUT2D eigenvalue weighted by atomic mass is 15.1. The smallest absolute Gasteiger partial charge is 0.0448 e. The number of anilines is 2. The van der Waals surface area contributed by atoms with Crippen LogP contribution in [0.25, 0.3) is 0 Å². The Labute approximate surface area is 92.1 Å². The SMILES string of the molecule is Nc1c[c]c(N2CCCCCCC2)cc1. The first kappa shape index (κ1) is 10.3. The highest BCUT2D eigenvalue weighted by molar-refractivity contribution is 5.52. The van der Waals surface area contributed by atoms with E-state index in [2.05, 4.69) is 17.0 Å². The maximum Gasteiger partial charge on any atom is 0.0448 e. The summed E-state index contributed by atoms with van der Waals surface area (Å²) in [5.41, 5.74) is 7.66. The number of benzene rings is 1. The number of nitrogens with two attached hydrogens (primary N) is 1. The first-order valence-electron chi connectivity index (χ1n) is 5.88. The van der Waals surface area contributed by atoms with Crippen LogP contribution < -0.4 is 10.6 Å². The number of hydrogen-bond acceptors (Lipinski definition) is 2. The van der Waals surface area contributed by atoms with Gasteiger partial charge in [-0.25, -0.2) is 0 Å². The fourth-order valence-electron chi connectivity index (χ4n) is 2.11. The van der Waals surface area contributed by atoms with E-state index in [4.69, 9.17) is 5.73 Å². The Morgan fingerprint density at radius 1 is 1.00 bits per heavy atom. The van der Waals surface area contributed by atoms with Gasteiger partial charge in [0, 0.05) is 30.5 Å². The Morgan fingerprint density at radius 2 is 1.67 bits per heavy atom. The summed E-state index contributed by atoms with van der Waals surface area (Å²) in [6.45, 7) is 2.33. The number of nitrogens with zero attached hydrogens (tertiary/aromatic N) is 1. The van der Waals surface area contributed by atoms with Gasteiger partial charge in [-0.05, 0) is 31.0 Å². The normalized spacial score (nSPS) is 18.3. The Kier molecular flexibility index (Phi) is 3.49. The average Bonchev–Trinajstić information content (AvgIpc) is 2.19. The molecule has 1 aliphatic rings. The van der Waals surface area contributed by atoms with Crippen LogP contribution in [0.5, 0.6) is 0 Å².